The van der Waals surface area contributed by atoms with Crippen LogP contribution in [0.4, 0.5) is 0 Å². The minimum Gasteiger partial charge on any atom is -0.356 e. The molecular weight excluding hydrogens is 136 g/mol. The number of nitrogens with one attached hydrogen (secondary N) is 1. The smallest absolute Gasteiger partial charge is 0.202 e. The zero-order valence-corrected chi connectivity index (χ0v) is 5.79. The van der Waals surface area contributed by atoms with Gasteiger partial charge in [-0.25, -0.2) is 0 Å². The number of ketones is 1. The predicted octanol–water partition coefficient (Wildman–Crippen LogP) is -0.152. The van der Waals surface area contributed by atoms with Crippen LogP contribution in [-0.2, 0) is 4.79 Å². The predicted molar refractivity (Wildman–Crippen MR) is 38.0 cm³/mol. The third-order valence-corrected chi connectivity index (χ3v) is 1.74. The Labute approximate surface area is 58.2 Å². The molecule has 3 nitrogen and oxygen atoms in total. The standard InChI is InChI=1S/C5H6N2OS/c1-7-2-3(8)4(6)5(7)9/h6H,2H2,1H3. The lowest BCUT2D eigenvalue weighted by Gasteiger charge is -2.04. The molecule has 1 saturated heterocycles. The summed E-state index contributed by atoms with van der Waals surface area (Å²) in [5.41, 5.74) is -0.0208. The number of nitrogens with zero attached hydrogens (tertiary/aromatic N) is 1. The molecule has 0 spiro atoms. The molecule has 0 radical (unpaired) electrons. The van der Waals surface area contributed by atoms with Crippen molar-refractivity contribution in [2.24, 2.45) is 0 Å². The Morgan fingerprint density at radius 1 is 1.78 bits per heavy atom. The molecular formula is C5H6N2OS. The maximum absolute atomic E-state index is 10.6. The highest BCUT2D eigenvalue weighted by atomic mass is 32.1. The van der Waals surface area contributed by atoms with E-state index in [1.165, 1.54) is 0 Å². The van der Waals surface area contributed by atoms with E-state index in [9.17, 15) is 4.79 Å². The molecule has 4 heteroatoms. The summed E-state index contributed by atoms with van der Waals surface area (Å²) in [7, 11) is 1.71. The van der Waals surface area contributed by atoms with Gasteiger partial charge in [-0.15, -0.1) is 0 Å². The molecule has 1 fully saturated rings. The highest BCUT2D eigenvalue weighted by Crippen LogP contribution is 2.00. The molecule has 0 aromatic rings. The molecule has 0 bridgehead atoms. The molecule has 0 aromatic heterocycles. The van der Waals surface area contributed by atoms with Gasteiger partial charge in [-0.05, 0) is 0 Å². The highest BCUT2D eigenvalue weighted by molar-refractivity contribution is 7.82. The number of likely N-dealkylation sites (N-methyl/N-ethyl adjacent to an activating group) is 1. The molecule has 1 rings (SSSR count). The van der Waals surface area contributed by atoms with E-state index < -0.39 is 0 Å². The van der Waals surface area contributed by atoms with E-state index >= 15 is 0 Å². The summed E-state index contributed by atoms with van der Waals surface area (Å²) in [4.78, 5) is 12.6. The van der Waals surface area contributed by atoms with Gasteiger partial charge >= 0.3 is 0 Å². The van der Waals surface area contributed by atoms with Crippen LogP contribution in [0.3, 0.4) is 0 Å². The van der Waals surface area contributed by atoms with Crippen molar-refractivity contribution in [3.8, 4) is 0 Å². The number of Topliss-reactive ketones (excluding diaryl/α,β-unsaturated/α-hetero) is 1. The molecule has 0 unspecified atom stereocenters. The van der Waals surface area contributed by atoms with Crippen molar-refractivity contribution < 1.29 is 4.79 Å². The zero-order valence-electron chi connectivity index (χ0n) is 4.97. The molecule has 0 amide bonds. The van der Waals surface area contributed by atoms with Gasteiger partial charge in [0, 0.05) is 7.05 Å². The molecule has 1 heterocycles. The maximum Gasteiger partial charge on any atom is 0.202 e. The van der Waals surface area contributed by atoms with Crippen molar-refractivity contribution in [1.82, 2.24) is 4.90 Å². The van der Waals surface area contributed by atoms with Crippen molar-refractivity contribution in [2.75, 3.05) is 13.6 Å². The fourth-order valence-corrected chi connectivity index (χ4v) is 0.855. The normalized spacial score (nSPS) is 19.7. The van der Waals surface area contributed by atoms with Gasteiger partial charge in [0.2, 0.25) is 5.78 Å². The second kappa shape index (κ2) is 1.88. The molecule has 48 valence electrons. The molecule has 1 aliphatic rings. The summed E-state index contributed by atoms with van der Waals surface area (Å²) in [5.74, 6) is -0.178. The average molecular weight is 142 g/mol. The summed E-state index contributed by atoms with van der Waals surface area (Å²) in [6.07, 6.45) is 0. The summed E-state index contributed by atoms with van der Waals surface area (Å²) in [6.45, 7) is 0.275. The van der Waals surface area contributed by atoms with Crippen LogP contribution in [0.5, 0.6) is 0 Å². The van der Waals surface area contributed by atoms with E-state index in [1.807, 2.05) is 0 Å². The zero-order chi connectivity index (χ0) is 7.02. The molecule has 9 heavy (non-hydrogen) atoms. The van der Waals surface area contributed by atoms with Gasteiger partial charge in [0.25, 0.3) is 0 Å². The van der Waals surface area contributed by atoms with E-state index in [0.717, 1.165) is 0 Å². The first-order valence-electron chi connectivity index (χ1n) is 2.50. The molecule has 0 atom stereocenters. The quantitative estimate of drug-likeness (QED) is 0.478. The number of carbonyl (C=O) groups is 1. The van der Waals surface area contributed by atoms with Gasteiger partial charge in [-0.2, -0.15) is 0 Å². The largest absolute Gasteiger partial charge is 0.356 e. The van der Waals surface area contributed by atoms with Crippen LogP contribution in [0.15, 0.2) is 0 Å². The second-order valence-corrected chi connectivity index (χ2v) is 2.35. The third-order valence-electron chi connectivity index (χ3n) is 1.22. The molecule has 1 N–H and O–H groups in total. The van der Waals surface area contributed by atoms with Gasteiger partial charge in [-0.3, -0.25) is 10.2 Å². The van der Waals surface area contributed by atoms with Crippen molar-refractivity contribution in [1.29, 1.82) is 5.41 Å². The summed E-state index contributed by atoms with van der Waals surface area (Å²) < 4.78 is 0. The minimum absolute atomic E-state index is 0.0208. The number of hydrogen-bond acceptors (Lipinski definition) is 3. The van der Waals surface area contributed by atoms with Gasteiger partial charge in [0.15, 0.2) is 0 Å². The number of hydrogen-bond donors (Lipinski definition) is 1. The third kappa shape index (κ3) is 0.853. The Morgan fingerprint density at radius 2 is 2.33 bits per heavy atom. The van der Waals surface area contributed by atoms with Gasteiger partial charge in [-0.1, -0.05) is 12.2 Å². The number of thiocarbonyl (C=S) groups is 1. The van der Waals surface area contributed by atoms with Crippen LogP contribution in [-0.4, -0.2) is 35.0 Å². The highest BCUT2D eigenvalue weighted by Gasteiger charge is 2.26. The summed E-state index contributed by atoms with van der Waals surface area (Å²) >= 11 is 4.72. The monoisotopic (exact) mass is 142 g/mol. The van der Waals surface area contributed by atoms with E-state index in [1.54, 1.807) is 11.9 Å². The Hall–Kier alpha value is -0.770. The van der Waals surface area contributed by atoms with Crippen LogP contribution in [0.1, 0.15) is 0 Å². The SMILES string of the molecule is CN1CC(=O)C(=N)C1=S. The van der Waals surface area contributed by atoms with Crippen molar-refractivity contribution >= 4 is 28.7 Å². The Morgan fingerprint density at radius 3 is 2.44 bits per heavy atom. The summed E-state index contributed by atoms with van der Waals surface area (Å²) in [5, 5.41) is 7.06. The number of rotatable bonds is 0. The maximum atomic E-state index is 10.6. The lowest BCUT2D eigenvalue weighted by molar-refractivity contribution is -0.112. The Bertz CT molecular complexity index is 199. The lowest BCUT2D eigenvalue weighted by Crippen LogP contribution is -2.19. The van der Waals surface area contributed by atoms with Crippen molar-refractivity contribution in [2.45, 2.75) is 0 Å². The number of carbonyl (C=O) groups excluding carboxylic acids is 1. The summed E-state index contributed by atoms with van der Waals surface area (Å²) in [6, 6.07) is 0. The lowest BCUT2D eigenvalue weighted by atomic mass is 10.3. The molecule has 0 saturated carbocycles. The van der Waals surface area contributed by atoms with E-state index in [-0.39, 0.29) is 18.0 Å². The number of likely N-dealkylation sites (tertiary alicyclic amines) is 1. The van der Waals surface area contributed by atoms with Crippen LogP contribution in [0, 0.1) is 5.41 Å². The van der Waals surface area contributed by atoms with Gasteiger partial charge in [0.1, 0.15) is 10.7 Å². The fourth-order valence-electron chi connectivity index (χ4n) is 0.676. The molecule has 0 aromatic carbocycles. The first-order valence-corrected chi connectivity index (χ1v) is 2.91. The minimum atomic E-state index is -0.178. The van der Waals surface area contributed by atoms with Crippen LogP contribution in [0.2, 0.25) is 0 Å². The Kier molecular flexibility index (Phi) is 1.32. The van der Waals surface area contributed by atoms with E-state index in [0.29, 0.717) is 4.99 Å². The molecule has 0 aliphatic carbocycles. The van der Waals surface area contributed by atoms with Gasteiger partial charge in [0.05, 0.1) is 6.54 Å². The first-order chi connectivity index (χ1) is 4.13. The topological polar surface area (TPSA) is 44.2 Å². The average Bonchev–Trinajstić information content (AvgIpc) is 1.98. The van der Waals surface area contributed by atoms with Crippen molar-refractivity contribution in [3.05, 3.63) is 0 Å². The van der Waals surface area contributed by atoms with E-state index in [2.05, 4.69) is 0 Å². The van der Waals surface area contributed by atoms with Crippen molar-refractivity contribution in [3.63, 3.8) is 0 Å². The second-order valence-electron chi connectivity index (χ2n) is 1.96. The van der Waals surface area contributed by atoms with Crippen LogP contribution in [0.25, 0.3) is 0 Å². The fraction of sp³-hybridized carbons (Fsp3) is 0.400. The first kappa shape index (κ1) is 6.35. The molecule has 1 aliphatic heterocycles. The van der Waals surface area contributed by atoms with E-state index in [4.69, 9.17) is 17.6 Å². The van der Waals surface area contributed by atoms with Crippen LogP contribution >= 0.6 is 12.2 Å². The van der Waals surface area contributed by atoms with Crippen LogP contribution < -0.4 is 0 Å². The Balaban J connectivity index is 2.90. The van der Waals surface area contributed by atoms with Gasteiger partial charge < -0.3 is 4.90 Å².